The predicted octanol–water partition coefficient (Wildman–Crippen LogP) is 9.70. The molecule has 11 nitrogen and oxygen atoms in total. The maximum absolute atomic E-state index is 15.3. The molecule has 0 bridgehead atoms. The number of alkyl halides is 6. The fraction of sp³-hybridized carbons (Fsp3) is 0.543. The van der Waals surface area contributed by atoms with E-state index >= 15 is 4.79 Å². The van der Waals surface area contributed by atoms with Gasteiger partial charge in [-0.25, -0.2) is 4.98 Å². The van der Waals surface area contributed by atoms with Gasteiger partial charge in [-0.15, -0.1) is 11.3 Å². The molecule has 3 aliphatic heterocycles. The lowest BCUT2D eigenvalue weighted by molar-refractivity contribution is -0.162. The van der Waals surface area contributed by atoms with E-state index < -0.39 is 68.5 Å². The van der Waals surface area contributed by atoms with E-state index in [0.717, 1.165) is 41.8 Å². The number of likely N-dealkylation sites (tertiary alicyclic amines) is 1. The molecule has 3 fully saturated rings. The summed E-state index contributed by atoms with van der Waals surface area (Å²) in [6.45, 7) is 2.24. The Morgan fingerprint density at radius 3 is 2.42 bits per heavy atom. The maximum atomic E-state index is 15.3. The molecule has 64 heavy (non-hydrogen) atoms. The number of benzene rings is 1. The van der Waals surface area contributed by atoms with Crippen LogP contribution >= 0.6 is 11.3 Å². The number of nitriles is 1. The van der Waals surface area contributed by atoms with Crippen LogP contribution in [0, 0.1) is 16.7 Å². The second kappa shape index (κ2) is 19.0. The molecule has 0 unspecified atom stereocenters. The van der Waals surface area contributed by atoms with Crippen molar-refractivity contribution >= 4 is 29.1 Å². The van der Waals surface area contributed by atoms with E-state index in [4.69, 9.17) is 18.9 Å². The fourth-order valence-electron chi connectivity index (χ4n) is 9.47. The Labute approximate surface area is 371 Å². The highest BCUT2D eigenvalue weighted by atomic mass is 32.1. The first-order valence-corrected chi connectivity index (χ1v) is 22.6. The Hall–Kier alpha value is -5.31. The number of fused-ring (bicyclic) bond motifs is 2. The van der Waals surface area contributed by atoms with Crippen LogP contribution in [0.1, 0.15) is 110 Å². The van der Waals surface area contributed by atoms with Crippen molar-refractivity contribution in [3.05, 3.63) is 81.7 Å². The molecule has 1 aromatic carbocycles. The van der Waals surface area contributed by atoms with Gasteiger partial charge in [-0.2, -0.15) is 31.6 Å². The number of esters is 1. The summed E-state index contributed by atoms with van der Waals surface area (Å²) in [6, 6.07) is 9.78. The third-order valence-corrected chi connectivity index (χ3v) is 13.9. The number of hydrogen-bond donors (Lipinski definition) is 0. The number of amides is 2. The zero-order chi connectivity index (χ0) is 45.8. The third-order valence-electron chi connectivity index (χ3n) is 13.0. The molecule has 3 aromatic rings. The Morgan fingerprint density at radius 1 is 0.984 bits per heavy atom. The number of nitrogens with zero attached hydrogens (tertiary/aromatic N) is 4. The van der Waals surface area contributed by atoms with Gasteiger partial charge in [0.05, 0.1) is 48.3 Å². The summed E-state index contributed by atoms with van der Waals surface area (Å²) in [5, 5.41) is 11.9. The summed E-state index contributed by atoms with van der Waals surface area (Å²) >= 11 is 0.364. The van der Waals surface area contributed by atoms with Crippen molar-refractivity contribution in [2.45, 2.75) is 113 Å². The van der Waals surface area contributed by atoms with Gasteiger partial charge in [-0.05, 0) is 83.3 Å². The molecule has 4 aliphatic rings. The lowest BCUT2D eigenvalue weighted by Gasteiger charge is -2.50. The number of hydrogen-bond acceptors (Lipinski definition) is 10. The Balaban J connectivity index is 1.19. The number of pyridine rings is 1. The summed E-state index contributed by atoms with van der Waals surface area (Å²) in [6.07, 6.45) is -0.735. The van der Waals surface area contributed by atoms with Gasteiger partial charge in [0.1, 0.15) is 21.9 Å². The number of carbonyl (C=O) groups excluding carboxylic acids is 3. The van der Waals surface area contributed by atoms with E-state index in [1.807, 2.05) is 0 Å². The zero-order valence-electron chi connectivity index (χ0n) is 35.4. The lowest BCUT2D eigenvalue weighted by Crippen LogP contribution is -2.68. The Morgan fingerprint density at radius 2 is 1.75 bits per heavy atom. The highest BCUT2D eigenvalue weighted by molar-refractivity contribution is 7.10. The minimum absolute atomic E-state index is 0.000652. The molecule has 0 radical (unpaired) electrons. The maximum Gasteiger partial charge on any atom is 0.425 e. The van der Waals surface area contributed by atoms with Gasteiger partial charge < -0.3 is 28.7 Å². The second-order valence-corrected chi connectivity index (χ2v) is 17.7. The Kier molecular flexibility index (Phi) is 13.9. The van der Waals surface area contributed by atoms with Crippen LogP contribution in [0.3, 0.4) is 0 Å². The van der Waals surface area contributed by atoms with Crippen LogP contribution in [0.2, 0.25) is 0 Å². The summed E-state index contributed by atoms with van der Waals surface area (Å²) in [5.74, 6) is -2.29. The molecule has 0 spiro atoms. The van der Waals surface area contributed by atoms with Crippen molar-refractivity contribution in [2.24, 2.45) is 5.41 Å². The molecule has 344 valence electrons. The highest BCUT2D eigenvalue weighted by Gasteiger charge is 2.57. The fourth-order valence-corrected chi connectivity index (χ4v) is 10.1. The average Bonchev–Trinajstić information content (AvgIpc) is 3.74. The van der Waals surface area contributed by atoms with Gasteiger partial charge in [0, 0.05) is 49.3 Å². The number of allylic oxidation sites excluding steroid dienone is 1. The molecule has 2 aromatic heterocycles. The number of rotatable bonds is 11. The molecule has 5 heterocycles. The van der Waals surface area contributed by atoms with E-state index in [9.17, 15) is 41.2 Å². The summed E-state index contributed by atoms with van der Waals surface area (Å²) in [4.78, 5) is 48.3. The Bertz CT molecular complexity index is 2240. The minimum atomic E-state index is -4.99. The largest absolute Gasteiger partial charge is 0.493 e. The SMILES string of the molecule is CCOC(=O)C1(CCCOc2ccccc2C2(C#N)CCN(C(=O)[C@]3(Oc4csc(C(F)(F)F)c4)CCCN4C(=O)c5c(C(F)(F)F)ccnc5OCCCC=CC[C@@H]43)CC2)CCC1. The van der Waals surface area contributed by atoms with E-state index in [0.29, 0.717) is 61.0 Å². The van der Waals surface area contributed by atoms with E-state index in [-0.39, 0.29) is 76.7 Å². The standard InChI is InChI=1S/C46H50F6N4O7S/c1-2-60-41(59)42(16-9-17-42)18-11-27-61-34-13-7-6-12-32(34)43(30-53)20-24-55(25-21-43)40(58)44(63-31-28-36(64-29-31)46(50,51)52)19-10-23-56-35(44)14-5-3-4-8-26-62-38-37(39(56)57)33(15-22-54-38)45(47,48)49/h3,5-7,12-13,15,22,28-29,35H,2,4,8-11,14,16-21,23-27H2,1H3/t35-,44+/m1/s1. The topological polar surface area (TPSA) is 131 Å². The first kappa shape index (κ1) is 46.7. The lowest BCUT2D eigenvalue weighted by atomic mass is 9.66. The van der Waals surface area contributed by atoms with Crippen LogP contribution in [0.15, 0.2) is 60.1 Å². The smallest absolute Gasteiger partial charge is 0.425 e. The number of carbonyl (C=O) groups is 3. The van der Waals surface area contributed by atoms with Crippen molar-refractivity contribution in [1.29, 1.82) is 5.26 Å². The van der Waals surface area contributed by atoms with Gasteiger partial charge in [-0.3, -0.25) is 14.4 Å². The quantitative estimate of drug-likeness (QED) is 0.0799. The number of ether oxygens (including phenoxy) is 4. The molecule has 2 amide bonds. The number of thiophene rings is 1. The van der Waals surface area contributed by atoms with Gasteiger partial charge >= 0.3 is 18.3 Å². The molecule has 2 saturated heterocycles. The predicted molar refractivity (Wildman–Crippen MR) is 222 cm³/mol. The molecule has 2 atom stereocenters. The van der Waals surface area contributed by atoms with Crippen LogP contribution in [-0.4, -0.2) is 83.7 Å². The van der Waals surface area contributed by atoms with Crippen molar-refractivity contribution in [1.82, 2.24) is 14.8 Å². The van der Waals surface area contributed by atoms with Crippen LogP contribution in [-0.2, 0) is 32.1 Å². The molecule has 0 N–H and O–H groups in total. The normalized spacial score (nSPS) is 22.3. The van der Waals surface area contributed by atoms with Gasteiger partial charge in [0.25, 0.3) is 11.8 Å². The van der Waals surface area contributed by atoms with Gasteiger partial charge in [0.15, 0.2) is 0 Å². The molecule has 18 heteroatoms. The van der Waals surface area contributed by atoms with Crippen molar-refractivity contribution in [3.63, 3.8) is 0 Å². The average molecular weight is 917 g/mol. The molecular weight excluding hydrogens is 867 g/mol. The molecule has 7 rings (SSSR count). The van der Waals surface area contributed by atoms with Crippen molar-refractivity contribution in [2.75, 3.05) is 39.5 Å². The van der Waals surface area contributed by atoms with Crippen molar-refractivity contribution < 1.29 is 59.7 Å². The first-order chi connectivity index (χ1) is 30.6. The number of piperidine rings is 2. The van der Waals surface area contributed by atoms with Crippen molar-refractivity contribution in [3.8, 4) is 23.4 Å². The summed E-state index contributed by atoms with van der Waals surface area (Å²) < 4.78 is 109. The molecular formula is C46H50F6N4O7S. The molecule has 1 saturated carbocycles. The monoisotopic (exact) mass is 916 g/mol. The first-order valence-electron chi connectivity index (χ1n) is 21.7. The van der Waals surface area contributed by atoms with Gasteiger partial charge in [0.2, 0.25) is 11.5 Å². The number of aromatic nitrogens is 1. The van der Waals surface area contributed by atoms with E-state index in [1.54, 1.807) is 43.3 Å². The zero-order valence-corrected chi connectivity index (χ0v) is 36.2. The molecule has 1 aliphatic carbocycles. The van der Waals surface area contributed by atoms with E-state index in [1.165, 1.54) is 4.90 Å². The van der Waals surface area contributed by atoms with Gasteiger partial charge in [-0.1, -0.05) is 36.8 Å². The van der Waals surface area contributed by atoms with Crippen LogP contribution in [0.5, 0.6) is 17.4 Å². The highest BCUT2D eigenvalue weighted by Crippen LogP contribution is 2.48. The summed E-state index contributed by atoms with van der Waals surface area (Å²) in [7, 11) is 0. The third kappa shape index (κ3) is 9.41. The number of halogens is 6. The van der Waals surface area contributed by atoms with Crippen LogP contribution in [0.25, 0.3) is 0 Å². The van der Waals surface area contributed by atoms with Crippen LogP contribution < -0.4 is 14.2 Å². The number of para-hydroxylation sites is 1. The van der Waals surface area contributed by atoms with Crippen LogP contribution in [0.4, 0.5) is 26.3 Å². The van der Waals surface area contributed by atoms with E-state index in [2.05, 4.69) is 11.1 Å². The summed E-state index contributed by atoms with van der Waals surface area (Å²) in [5.41, 5.74) is -5.19. The minimum Gasteiger partial charge on any atom is -0.493 e. The second-order valence-electron chi connectivity index (χ2n) is 16.8.